The van der Waals surface area contributed by atoms with Gasteiger partial charge in [0.05, 0.1) is 13.7 Å². The van der Waals surface area contributed by atoms with E-state index in [9.17, 15) is 9.59 Å². The predicted octanol–water partition coefficient (Wildman–Crippen LogP) is 2.87. The van der Waals surface area contributed by atoms with Gasteiger partial charge in [0.25, 0.3) is 5.91 Å². The molecule has 3 rings (SSSR count). The van der Waals surface area contributed by atoms with Crippen molar-refractivity contribution >= 4 is 11.9 Å². The second kappa shape index (κ2) is 5.70. The molecule has 3 amide bonds. The van der Waals surface area contributed by atoms with E-state index >= 15 is 0 Å². The van der Waals surface area contributed by atoms with Crippen LogP contribution in [0.3, 0.4) is 0 Å². The maximum atomic E-state index is 12.9. The summed E-state index contributed by atoms with van der Waals surface area (Å²) in [4.78, 5) is 26.5. The molecule has 0 aliphatic carbocycles. The fourth-order valence-corrected chi connectivity index (χ4v) is 3.10. The van der Waals surface area contributed by atoms with Gasteiger partial charge in [-0.1, -0.05) is 12.1 Å². The van der Waals surface area contributed by atoms with Crippen LogP contribution in [0.5, 0.6) is 5.75 Å². The number of carbonyl (C=O) groups excluding carboxylic acids is 2. The van der Waals surface area contributed by atoms with Crippen LogP contribution in [0.4, 0.5) is 4.79 Å². The van der Waals surface area contributed by atoms with Crippen LogP contribution >= 0.6 is 0 Å². The zero-order valence-corrected chi connectivity index (χ0v) is 14.2. The van der Waals surface area contributed by atoms with E-state index in [1.165, 1.54) is 4.90 Å². The van der Waals surface area contributed by atoms with Gasteiger partial charge < -0.3 is 14.5 Å². The highest BCUT2D eigenvalue weighted by atomic mass is 16.5. The summed E-state index contributed by atoms with van der Waals surface area (Å²) in [6.07, 6.45) is 0. The number of ether oxygens (including phenoxy) is 1. The van der Waals surface area contributed by atoms with Crippen LogP contribution in [-0.4, -0.2) is 23.9 Å². The second-order valence-corrected chi connectivity index (χ2v) is 6.12. The SMILES string of the molecule is COc1cccc(CN2C(=O)NC(C)(c3cc(C)oc3C)C2=O)c1. The summed E-state index contributed by atoms with van der Waals surface area (Å²) in [6.45, 7) is 5.50. The molecule has 1 N–H and O–H groups in total. The third-order valence-corrected chi connectivity index (χ3v) is 4.33. The van der Waals surface area contributed by atoms with Gasteiger partial charge in [-0.15, -0.1) is 0 Å². The number of aryl methyl sites for hydroxylation is 2. The molecule has 1 atom stereocenters. The van der Waals surface area contributed by atoms with E-state index in [1.54, 1.807) is 27.0 Å². The summed E-state index contributed by atoms with van der Waals surface area (Å²) in [6, 6.07) is 8.69. The average Bonchev–Trinajstić information content (AvgIpc) is 3.00. The fourth-order valence-electron chi connectivity index (χ4n) is 3.10. The first-order valence-corrected chi connectivity index (χ1v) is 7.69. The lowest BCUT2D eigenvalue weighted by molar-refractivity contribution is -0.131. The Hall–Kier alpha value is -2.76. The average molecular weight is 328 g/mol. The van der Waals surface area contributed by atoms with Gasteiger partial charge in [-0.05, 0) is 44.5 Å². The third kappa shape index (κ3) is 2.54. The Kier molecular flexibility index (Phi) is 3.83. The molecule has 2 aromatic rings. The highest BCUT2D eigenvalue weighted by Crippen LogP contribution is 2.33. The van der Waals surface area contributed by atoms with Crippen molar-refractivity contribution in [2.45, 2.75) is 32.9 Å². The van der Waals surface area contributed by atoms with Crippen LogP contribution < -0.4 is 10.1 Å². The Balaban J connectivity index is 1.90. The van der Waals surface area contributed by atoms with Crippen molar-refractivity contribution in [2.24, 2.45) is 0 Å². The van der Waals surface area contributed by atoms with Crippen molar-refractivity contribution < 1.29 is 18.7 Å². The standard InChI is InChI=1S/C18H20N2O4/c1-11-8-15(12(2)24-11)18(3)16(21)20(17(22)19-18)10-13-6-5-7-14(9-13)23-4/h5-9H,10H2,1-4H3,(H,19,22). The predicted molar refractivity (Wildman–Crippen MR) is 87.6 cm³/mol. The van der Waals surface area contributed by atoms with E-state index in [-0.39, 0.29) is 12.5 Å². The van der Waals surface area contributed by atoms with Crippen molar-refractivity contribution in [2.75, 3.05) is 7.11 Å². The van der Waals surface area contributed by atoms with Crippen LogP contribution in [0.15, 0.2) is 34.7 Å². The van der Waals surface area contributed by atoms with Crippen LogP contribution in [0.2, 0.25) is 0 Å². The van der Waals surface area contributed by atoms with Gasteiger partial charge in [0.15, 0.2) is 0 Å². The van der Waals surface area contributed by atoms with Crippen molar-refractivity contribution in [3.63, 3.8) is 0 Å². The number of amides is 3. The lowest BCUT2D eigenvalue weighted by Gasteiger charge is -2.21. The molecule has 2 heterocycles. The molecule has 24 heavy (non-hydrogen) atoms. The van der Waals surface area contributed by atoms with Crippen LogP contribution in [0, 0.1) is 13.8 Å². The molecule has 0 saturated carbocycles. The minimum Gasteiger partial charge on any atom is -0.497 e. The number of nitrogens with zero attached hydrogens (tertiary/aromatic N) is 1. The molecule has 1 unspecified atom stereocenters. The Morgan fingerprint density at radius 3 is 2.62 bits per heavy atom. The maximum Gasteiger partial charge on any atom is 0.325 e. The van der Waals surface area contributed by atoms with Gasteiger partial charge in [0.2, 0.25) is 0 Å². The van der Waals surface area contributed by atoms with Crippen molar-refractivity contribution in [1.29, 1.82) is 0 Å². The van der Waals surface area contributed by atoms with Crippen molar-refractivity contribution in [3.05, 3.63) is 53.0 Å². The molecule has 0 radical (unpaired) electrons. The smallest absolute Gasteiger partial charge is 0.325 e. The molecule has 0 spiro atoms. The number of nitrogens with one attached hydrogen (secondary N) is 1. The van der Waals surface area contributed by atoms with Crippen LogP contribution in [0.1, 0.15) is 29.6 Å². The van der Waals surface area contributed by atoms with Crippen molar-refractivity contribution in [3.8, 4) is 5.75 Å². The lowest BCUT2D eigenvalue weighted by atomic mass is 9.92. The zero-order chi connectivity index (χ0) is 17.5. The largest absolute Gasteiger partial charge is 0.497 e. The summed E-state index contributed by atoms with van der Waals surface area (Å²) >= 11 is 0. The number of hydrogen-bond acceptors (Lipinski definition) is 4. The molecule has 1 fully saturated rings. The van der Waals surface area contributed by atoms with E-state index in [0.29, 0.717) is 22.8 Å². The Morgan fingerprint density at radius 1 is 1.25 bits per heavy atom. The molecule has 126 valence electrons. The number of hydrogen-bond donors (Lipinski definition) is 1. The quantitative estimate of drug-likeness (QED) is 0.876. The molecular weight excluding hydrogens is 308 g/mol. The van der Waals surface area contributed by atoms with Gasteiger partial charge in [-0.2, -0.15) is 0 Å². The number of carbonyl (C=O) groups is 2. The highest BCUT2D eigenvalue weighted by molar-refractivity contribution is 6.07. The zero-order valence-electron chi connectivity index (χ0n) is 14.2. The normalized spacial score (nSPS) is 20.4. The summed E-state index contributed by atoms with van der Waals surface area (Å²) in [7, 11) is 1.58. The summed E-state index contributed by atoms with van der Waals surface area (Å²) in [5.74, 6) is 1.73. The van der Waals surface area contributed by atoms with Gasteiger partial charge >= 0.3 is 6.03 Å². The number of urea groups is 1. The first-order valence-electron chi connectivity index (χ1n) is 7.69. The second-order valence-electron chi connectivity index (χ2n) is 6.12. The molecule has 1 aliphatic rings. The molecule has 6 nitrogen and oxygen atoms in total. The molecule has 1 aromatic heterocycles. The topological polar surface area (TPSA) is 71.8 Å². The minimum atomic E-state index is -1.11. The van der Waals surface area contributed by atoms with Gasteiger partial charge in [0.1, 0.15) is 22.8 Å². The highest BCUT2D eigenvalue weighted by Gasteiger charge is 2.50. The summed E-state index contributed by atoms with van der Waals surface area (Å²) in [5.41, 5.74) is 0.395. The fraction of sp³-hybridized carbons (Fsp3) is 0.333. The Bertz CT molecular complexity index is 811. The molecule has 1 aromatic carbocycles. The third-order valence-electron chi connectivity index (χ3n) is 4.33. The van der Waals surface area contributed by atoms with Gasteiger partial charge in [-0.3, -0.25) is 9.69 Å². The van der Waals surface area contributed by atoms with E-state index < -0.39 is 11.6 Å². The molecule has 6 heteroatoms. The molecule has 1 aliphatic heterocycles. The van der Waals surface area contributed by atoms with Gasteiger partial charge in [-0.25, -0.2) is 4.79 Å². The first-order chi connectivity index (χ1) is 11.3. The maximum absolute atomic E-state index is 12.9. The van der Waals surface area contributed by atoms with E-state index in [2.05, 4.69) is 5.32 Å². The Morgan fingerprint density at radius 2 is 2.00 bits per heavy atom. The number of rotatable bonds is 4. The van der Waals surface area contributed by atoms with E-state index in [4.69, 9.17) is 9.15 Å². The van der Waals surface area contributed by atoms with E-state index in [1.807, 2.05) is 31.2 Å². The van der Waals surface area contributed by atoms with Crippen molar-refractivity contribution in [1.82, 2.24) is 10.2 Å². The molecular formula is C18H20N2O4. The number of imide groups is 1. The Labute approximate surface area is 140 Å². The molecule has 1 saturated heterocycles. The summed E-state index contributed by atoms with van der Waals surface area (Å²) < 4.78 is 10.7. The number of furan rings is 1. The molecule has 0 bridgehead atoms. The monoisotopic (exact) mass is 328 g/mol. The number of methoxy groups -OCH3 is 1. The van der Waals surface area contributed by atoms with Gasteiger partial charge in [0, 0.05) is 5.56 Å². The summed E-state index contributed by atoms with van der Waals surface area (Å²) in [5, 5.41) is 2.80. The van der Waals surface area contributed by atoms with E-state index in [0.717, 1.165) is 5.56 Å². The number of benzene rings is 1. The van der Waals surface area contributed by atoms with Crippen LogP contribution in [-0.2, 0) is 16.9 Å². The lowest BCUT2D eigenvalue weighted by Crippen LogP contribution is -2.41. The minimum absolute atomic E-state index is 0.188. The first kappa shape index (κ1) is 16.1. The van der Waals surface area contributed by atoms with Crippen LogP contribution in [0.25, 0.3) is 0 Å².